The minimum absolute atomic E-state index is 0.0675. The molecule has 0 heterocycles. The topological polar surface area (TPSA) is 43.4 Å². The average Bonchev–Trinajstić information content (AvgIpc) is 2.79. The predicted octanol–water partition coefficient (Wildman–Crippen LogP) is 4.49. The number of hydrogen-bond acceptors (Lipinski definition) is 3. The van der Waals surface area contributed by atoms with Gasteiger partial charge in [0.25, 0.3) is 0 Å². The van der Waals surface area contributed by atoms with Gasteiger partial charge in [0.05, 0.1) is 12.4 Å². The van der Waals surface area contributed by atoms with Crippen LogP contribution in [0.2, 0.25) is 0 Å². The highest BCUT2D eigenvalue weighted by Crippen LogP contribution is 2.40. The Morgan fingerprint density at radius 1 is 1.05 bits per heavy atom. The number of hydrogen-bond donors (Lipinski definition) is 0. The number of halogens is 1. The van der Waals surface area contributed by atoms with Gasteiger partial charge in [0, 0.05) is 22.7 Å². The van der Waals surface area contributed by atoms with Crippen molar-refractivity contribution in [3.05, 3.63) is 0 Å². The van der Waals surface area contributed by atoms with Gasteiger partial charge in [0.15, 0.2) is 0 Å². The number of rotatable bonds is 11. The van der Waals surface area contributed by atoms with E-state index in [-0.39, 0.29) is 11.2 Å². The Balaban J connectivity index is 2.17. The highest BCUT2D eigenvalue weighted by atomic mass is 35.7. The maximum absolute atomic E-state index is 11.3. The van der Waals surface area contributed by atoms with Gasteiger partial charge in [-0.15, -0.1) is 0 Å². The Bertz CT molecular complexity index is 348. The van der Waals surface area contributed by atoms with Gasteiger partial charge in [-0.25, -0.2) is 8.42 Å². The van der Waals surface area contributed by atoms with Crippen LogP contribution in [0.5, 0.6) is 0 Å². The first kappa shape index (κ1) is 18.2. The normalized spacial score (nSPS) is 18.5. The fraction of sp³-hybridized carbons (Fsp3) is 1.00. The Morgan fingerprint density at radius 2 is 1.65 bits per heavy atom. The second-order valence-corrected chi connectivity index (χ2v) is 8.99. The molecule has 0 aromatic carbocycles. The number of unbranched alkanes of at least 4 members (excludes halogenated alkanes) is 5. The molecule has 3 nitrogen and oxygen atoms in total. The molecule has 0 aromatic rings. The molecule has 0 amide bonds. The minimum atomic E-state index is -3.43. The quantitative estimate of drug-likeness (QED) is 0.415. The molecule has 0 radical (unpaired) electrons. The highest BCUT2D eigenvalue weighted by Gasteiger charge is 2.37. The molecule has 5 heteroatoms. The zero-order valence-electron chi connectivity index (χ0n) is 12.7. The molecule has 1 fully saturated rings. The van der Waals surface area contributed by atoms with Gasteiger partial charge in [-0.05, 0) is 19.3 Å². The smallest absolute Gasteiger partial charge is 0.233 e. The summed E-state index contributed by atoms with van der Waals surface area (Å²) in [5.41, 5.74) is -0.219. The third-order valence-corrected chi connectivity index (χ3v) is 5.48. The lowest BCUT2D eigenvalue weighted by Crippen LogP contribution is -2.30. The van der Waals surface area contributed by atoms with Crippen LogP contribution in [0.4, 0.5) is 0 Å². The van der Waals surface area contributed by atoms with Gasteiger partial charge in [-0.2, -0.15) is 0 Å². The zero-order chi connectivity index (χ0) is 14.9. The van der Waals surface area contributed by atoms with E-state index in [1.54, 1.807) is 0 Å². The molecular formula is C15H29ClO3S. The third kappa shape index (κ3) is 7.84. The molecule has 1 aliphatic rings. The molecule has 0 saturated heterocycles. The largest absolute Gasteiger partial charge is 0.381 e. The second kappa shape index (κ2) is 9.26. The summed E-state index contributed by atoms with van der Waals surface area (Å²) in [6.45, 7) is 3.51. The molecule has 0 bridgehead atoms. The van der Waals surface area contributed by atoms with Crippen molar-refractivity contribution in [1.29, 1.82) is 0 Å². The lowest BCUT2D eigenvalue weighted by atomic mass is 9.90. The molecule has 0 N–H and O–H groups in total. The summed E-state index contributed by atoms with van der Waals surface area (Å²) in [5.74, 6) is 0.0675. The second-order valence-electron chi connectivity index (χ2n) is 6.21. The minimum Gasteiger partial charge on any atom is -0.381 e. The fourth-order valence-corrected chi connectivity index (χ4v) is 4.89. The molecule has 0 spiro atoms. The molecule has 0 aromatic heterocycles. The van der Waals surface area contributed by atoms with Crippen molar-refractivity contribution in [3.63, 3.8) is 0 Å². The first-order valence-electron chi connectivity index (χ1n) is 7.97. The van der Waals surface area contributed by atoms with Crippen molar-refractivity contribution >= 4 is 19.7 Å². The molecular weight excluding hydrogens is 296 g/mol. The summed E-state index contributed by atoms with van der Waals surface area (Å²) in [4.78, 5) is 0. The Hall–Kier alpha value is 0.200. The van der Waals surface area contributed by atoms with Crippen LogP contribution in [0.3, 0.4) is 0 Å². The van der Waals surface area contributed by atoms with Crippen molar-refractivity contribution in [2.45, 2.75) is 71.1 Å². The van der Waals surface area contributed by atoms with Gasteiger partial charge in [-0.1, -0.05) is 51.9 Å². The molecule has 0 atom stereocenters. The van der Waals surface area contributed by atoms with Crippen LogP contribution in [0.15, 0.2) is 0 Å². The summed E-state index contributed by atoms with van der Waals surface area (Å²) in [5, 5.41) is 0. The SMILES string of the molecule is CCCCCCCCOCC1(CS(=O)(=O)Cl)CCCC1. The fourth-order valence-electron chi connectivity index (χ4n) is 3.09. The summed E-state index contributed by atoms with van der Waals surface area (Å²) in [6.07, 6.45) is 11.5. The van der Waals surface area contributed by atoms with E-state index < -0.39 is 9.05 Å². The van der Waals surface area contributed by atoms with Gasteiger partial charge in [0.2, 0.25) is 9.05 Å². The lowest BCUT2D eigenvalue weighted by molar-refractivity contribution is 0.0558. The van der Waals surface area contributed by atoms with E-state index in [4.69, 9.17) is 15.4 Å². The van der Waals surface area contributed by atoms with E-state index in [0.717, 1.165) is 38.7 Å². The Kier molecular flexibility index (Phi) is 8.45. The van der Waals surface area contributed by atoms with Crippen molar-refractivity contribution in [2.24, 2.45) is 5.41 Å². The monoisotopic (exact) mass is 324 g/mol. The maximum Gasteiger partial charge on any atom is 0.233 e. The van der Waals surface area contributed by atoms with Crippen LogP contribution in [0, 0.1) is 5.41 Å². The zero-order valence-corrected chi connectivity index (χ0v) is 14.3. The Labute approximate surface area is 128 Å². The summed E-state index contributed by atoms with van der Waals surface area (Å²) in [7, 11) is 2.00. The van der Waals surface area contributed by atoms with Gasteiger partial charge >= 0.3 is 0 Å². The summed E-state index contributed by atoms with van der Waals surface area (Å²) >= 11 is 0. The van der Waals surface area contributed by atoms with E-state index in [9.17, 15) is 8.42 Å². The van der Waals surface area contributed by atoms with E-state index in [0.29, 0.717) is 6.61 Å². The Morgan fingerprint density at radius 3 is 2.25 bits per heavy atom. The van der Waals surface area contributed by atoms with Crippen LogP contribution in [0.1, 0.15) is 71.1 Å². The predicted molar refractivity (Wildman–Crippen MR) is 84.7 cm³/mol. The first-order chi connectivity index (χ1) is 9.47. The van der Waals surface area contributed by atoms with Crippen LogP contribution in [0.25, 0.3) is 0 Å². The van der Waals surface area contributed by atoms with Crippen molar-refractivity contribution in [2.75, 3.05) is 19.0 Å². The summed E-state index contributed by atoms with van der Waals surface area (Å²) < 4.78 is 28.4. The lowest BCUT2D eigenvalue weighted by Gasteiger charge is -2.27. The third-order valence-electron chi connectivity index (χ3n) is 4.19. The first-order valence-corrected chi connectivity index (χ1v) is 10.5. The van der Waals surface area contributed by atoms with Crippen LogP contribution in [-0.4, -0.2) is 27.4 Å². The van der Waals surface area contributed by atoms with Crippen molar-refractivity contribution < 1.29 is 13.2 Å². The van der Waals surface area contributed by atoms with E-state index >= 15 is 0 Å². The molecule has 0 aliphatic heterocycles. The van der Waals surface area contributed by atoms with Crippen LogP contribution < -0.4 is 0 Å². The van der Waals surface area contributed by atoms with Crippen molar-refractivity contribution in [1.82, 2.24) is 0 Å². The molecule has 1 aliphatic carbocycles. The summed E-state index contributed by atoms with van der Waals surface area (Å²) in [6, 6.07) is 0. The van der Waals surface area contributed by atoms with E-state index in [2.05, 4.69) is 6.92 Å². The van der Waals surface area contributed by atoms with E-state index in [1.165, 1.54) is 32.1 Å². The highest BCUT2D eigenvalue weighted by molar-refractivity contribution is 8.13. The van der Waals surface area contributed by atoms with Gasteiger partial charge in [0.1, 0.15) is 0 Å². The van der Waals surface area contributed by atoms with Gasteiger partial charge < -0.3 is 4.74 Å². The maximum atomic E-state index is 11.3. The van der Waals surface area contributed by atoms with Crippen LogP contribution in [-0.2, 0) is 13.8 Å². The molecule has 20 heavy (non-hydrogen) atoms. The molecule has 1 saturated carbocycles. The number of ether oxygens (including phenoxy) is 1. The van der Waals surface area contributed by atoms with Gasteiger partial charge in [-0.3, -0.25) is 0 Å². The molecule has 0 unspecified atom stereocenters. The molecule has 1 rings (SSSR count). The van der Waals surface area contributed by atoms with Crippen LogP contribution >= 0.6 is 10.7 Å². The molecule has 120 valence electrons. The standard InChI is InChI=1S/C15H29ClO3S/c1-2-3-4-5-6-9-12-19-13-15(10-7-8-11-15)14-20(16,17)18/h2-14H2,1H3. The van der Waals surface area contributed by atoms with E-state index in [1.807, 2.05) is 0 Å². The average molecular weight is 325 g/mol. The van der Waals surface area contributed by atoms with Crippen molar-refractivity contribution in [3.8, 4) is 0 Å².